The van der Waals surface area contributed by atoms with E-state index in [-0.39, 0.29) is 17.1 Å². The third kappa shape index (κ3) is 2.47. The fraction of sp³-hybridized carbons (Fsp3) is 0.933. The number of hydrogen-bond acceptors (Lipinski definition) is 4. The maximum Gasteiger partial charge on any atom is 0.156 e. The molecule has 3 atom stereocenters. The molecular weight excluding hydrogens is 258 g/mol. The predicted molar refractivity (Wildman–Crippen MR) is 78.6 cm³/mol. The lowest BCUT2D eigenvalue weighted by molar-refractivity contribution is -0.140. The Morgan fingerprint density at radius 1 is 1.47 bits per heavy atom. The zero-order valence-corrected chi connectivity index (χ0v) is 12.7. The molecule has 0 aromatic rings. The third-order valence-corrected chi connectivity index (χ3v) is 6.47. The van der Waals surface area contributed by atoms with Gasteiger partial charge in [0, 0.05) is 18.3 Å². The van der Waals surface area contributed by atoms with Crippen molar-refractivity contribution in [3.8, 4) is 0 Å². The molecular formula is C15H25NO2S. The summed E-state index contributed by atoms with van der Waals surface area (Å²) in [5.74, 6) is 2.98. The topological polar surface area (TPSA) is 38.3 Å². The van der Waals surface area contributed by atoms with Crippen LogP contribution in [0, 0.1) is 5.92 Å². The second-order valence-electron chi connectivity index (χ2n) is 6.35. The van der Waals surface area contributed by atoms with Crippen LogP contribution in [0.15, 0.2) is 0 Å². The Morgan fingerprint density at radius 3 is 3.00 bits per heavy atom. The van der Waals surface area contributed by atoms with Crippen molar-refractivity contribution in [3.63, 3.8) is 0 Å². The van der Waals surface area contributed by atoms with Crippen molar-refractivity contribution >= 4 is 17.5 Å². The largest absolute Gasteiger partial charge is 0.374 e. The van der Waals surface area contributed by atoms with E-state index >= 15 is 0 Å². The lowest BCUT2D eigenvalue weighted by Crippen LogP contribution is -2.53. The Labute approximate surface area is 120 Å². The van der Waals surface area contributed by atoms with E-state index in [9.17, 15) is 4.79 Å². The number of hydrogen-bond donors (Lipinski definition) is 1. The van der Waals surface area contributed by atoms with Gasteiger partial charge in [-0.1, -0.05) is 6.92 Å². The highest BCUT2D eigenvalue weighted by Gasteiger charge is 2.48. The van der Waals surface area contributed by atoms with Crippen molar-refractivity contribution < 1.29 is 9.53 Å². The van der Waals surface area contributed by atoms with Crippen LogP contribution in [-0.2, 0) is 9.53 Å². The molecule has 1 N–H and O–H groups in total. The Balaban J connectivity index is 1.72. The first-order valence-corrected chi connectivity index (χ1v) is 8.86. The molecule has 108 valence electrons. The van der Waals surface area contributed by atoms with E-state index < -0.39 is 0 Å². The second kappa shape index (κ2) is 5.38. The van der Waals surface area contributed by atoms with Gasteiger partial charge in [0.15, 0.2) is 5.78 Å². The van der Waals surface area contributed by atoms with Crippen LogP contribution < -0.4 is 5.32 Å². The van der Waals surface area contributed by atoms with Crippen LogP contribution in [-0.4, -0.2) is 41.6 Å². The van der Waals surface area contributed by atoms with Gasteiger partial charge in [-0.3, -0.25) is 4.79 Å². The Bertz CT molecular complexity index is 346. The summed E-state index contributed by atoms with van der Waals surface area (Å²) >= 11 is 1.98. The van der Waals surface area contributed by atoms with E-state index in [1.165, 1.54) is 5.75 Å². The number of ether oxygens (including phenoxy) is 1. The molecule has 0 bridgehead atoms. The van der Waals surface area contributed by atoms with E-state index in [0.29, 0.717) is 5.78 Å². The molecule has 3 nitrogen and oxygen atoms in total. The molecule has 3 rings (SSSR count). The average molecular weight is 283 g/mol. The highest BCUT2D eigenvalue weighted by molar-refractivity contribution is 7.99. The summed E-state index contributed by atoms with van der Waals surface area (Å²) < 4.78 is 6.04. The summed E-state index contributed by atoms with van der Waals surface area (Å²) in [7, 11) is 0. The number of Topliss-reactive ketones (excluding diaryl/α,β-unsaturated/α-hetero) is 1. The molecule has 19 heavy (non-hydrogen) atoms. The zero-order valence-electron chi connectivity index (χ0n) is 11.9. The molecule has 0 radical (unpaired) electrons. The van der Waals surface area contributed by atoms with Crippen LogP contribution in [0.25, 0.3) is 0 Å². The van der Waals surface area contributed by atoms with Crippen LogP contribution in [0.5, 0.6) is 0 Å². The summed E-state index contributed by atoms with van der Waals surface area (Å²) in [4.78, 5) is 13.0. The van der Waals surface area contributed by atoms with Crippen molar-refractivity contribution in [2.75, 3.05) is 24.7 Å². The molecule has 3 fully saturated rings. The molecule has 4 heteroatoms. The molecule has 3 aliphatic rings. The number of thioether (sulfide) groups is 1. The highest BCUT2D eigenvalue weighted by Crippen LogP contribution is 2.42. The van der Waals surface area contributed by atoms with Gasteiger partial charge in [-0.25, -0.2) is 0 Å². The van der Waals surface area contributed by atoms with E-state index in [4.69, 9.17) is 4.74 Å². The monoisotopic (exact) mass is 283 g/mol. The summed E-state index contributed by atoms with van der Waals surface area (Å²) in [5, 5.41) is 3.50. The van der Waals surface area contributed by atoms with Crippen LogP contribution in [0.4, 0.5) is 0 Å². The lowest BCUT2D eigenvalue weighted by Gasteiger charge is -2.40. The molecule has 3 aliphatic heterocycles. The van der Waals surface area contributed by atoms with Gasteiger partial charge in [0.25, 0.3) is 0 Å². The van der Waals surface area contributed by atoms with Gasteiger partial charge in [-0.2, -0.15) is 11.8 Å². The summed E-state index contributed by atoms with van der Waals surface area (Å²) in [6, 6.07) is 0. The van der Waals surface area contributed by atoms with Crippen molar-refractivity contribution in [3.05, 3.63) is 0 Å². The predicted octanol–water partition coefficient (Wildman–Crippen LogP) is 2.39. The quantitative estimate of drug-likeness (QED) is 0.863. The first-order valence-electron chi connectivity index (χ1n) is 7.71. The molecule has 0 aromatic heterocycles. The Hall–Kier alpha value is -0.0600. The maximum absolute atomic E-state index is 13.0. The van der Waals surface area contributed by atoms with Crippen LogP contribution in [0.3, 0.4) is 0 Å². The molecule has 0 aliphatic carbocycles. The molecule has 1 spiro atoms. The fourth-order valence-corrected chi connectivity index (χ4v) is 5.38. The van der Waals surface area contributed by atoms with Crippen LogP contribution in [0.1, 0.15) is 45.4 Å². The normalized spacial score (nSPS) is 42.9. The number of ketones is 1. The van der Waals surface area contributed by atoms with E-state index in [2.05, 4.69) is 12.2 Å². The van der Waals surface area contributed by atoms with Crippen molar-refractivity contribution in [2.45, 2.75) is 56.6 Å². The smallest absolute Gasteiger partial charge is 0.156 e. The molecule has 3 unspecified atom stereocenters. The van der Waals surface area contributed by atoms with Crippen LogP contribution >= 0.6 is 11.8 Å². The minimum atomic E-state index is -0.213. The van der Waals surface area contributed by atoms with E-state index in [0.717, 1.165) is 57.4 Å². The van der Waals surface area contributed by atoms with Gasteiger partial charge in [0.05, 0.1) is 11.1 Å². The van der Waals surface area contributed by atoms with Gasteiger partial charge in [0.2, 0.25) is 0 Å². The minimum absolute atomic E-state index is 0.0246. The number of rotatable bonds is 3. The average Bonchev–Trinajstić information content (AvgIpc) is 3.08. The number of nitrogens with one attached hydrogen (secondary N) is 1. The SMILES string of the molecule is CCC1(C(=O)C2CCOC3(CCSC3)C2)CCCN1. The first kappa shape index (κ1) is 13.9. The van der Waals surface area contributed by atoms with E-state index in [1.54, 1.807) is 0 Å². The van der Waals surface area contributed by atoms with Gasteiger partial charge in [-0.05, 0) is 50.8 Å². The highest BCUT2D eigenvalue weighted by atomic mass is 32.2. The minimum Gasteiger partial charge on any atom is -0.374 e. The van der Waals surface area contributed by atoms with Gasteiger partial charge in [0.1, 0.15) is 0 Å². The van der Waals surface area contributed by atoms with Crippen molar-refractivity contribution in [1.29, 1.82) is 0 Å². The number of carbonyl (C=O) groups is 1. The summed E-state index contributed by atoms with van der Waals surface area (Å²) in [6.07, 6.45) is 6.13. The Morgan fingerprint density at radius 2 is 2.37 bits per heavy atom. The molecule has 3 heterocycles. The van der Waals surface area contributed by atoms with E-state index in [1.807, 2.05) is 11.8 Å². The molecule has 0 amide bonds. The lowest BCUT2D eigenvalue weighted by atomic mass is 9.75. The molecule has 3 saturated heterocycles. The summed E-state index contributed by atoms with van der Waals surface area (Å²) in [6.45, 7) is 3.93. The summed E-state index contributed by atoms with van der Waals surface area (Å²) in [5.41, 5.74) is -0.189. The first-order chi connectivity index (χ1) is 9.20. The molecule has 0 aromatic carbocycles. The molecule has 0 saturated carbocycles. The van der Waals surface area contributed by atoms with Crippen molar-refractivity contribution in [2.24, 2.45) is 5.92 Å². The zero-order chi connectivity index (χ0) is 13.3. The standard InChI is InChI=1S/C15H25NO2S/c1-2-15(5-3-7-16-15)13(17)12-4-8-18-14(10-12)6-9-19-11-14/h12,16H,2-11H2,1H3. The van der Waals surface area contributed by atoms with Crippen LogP contribution in [0.2, 0.25) is 0 Å². The maximum atomic E-state index is 13.0. The fourth-order valence-electron chi connectivity index (χ4n) is 4.00. The second-order valence-corrected chi connectivity index (χ2v) is 7.46. The number of carbonyl (C=O) groups excluding carboxylic acids is 1. The van der Waals surface area contributed by atoms with Gasteiger partial charge in [-0.15, -0.1) is 0 Å². The third-order valence-electron chi connectivity index (χ3n) is 5.25. The van der Waals surface area contributed by atoms with Gasteiger partial charge < -0.3 is 10.1 Å². The van der Waals surface area contributed by atoms with Gasteiger partial charge >= 0.3 is 0 Å². The Kier molecular flexibility index (Phi) is 3.93. The van der Waals surface area contributed by atoms with Crippen molar-refractivity contribution in [1.82, 2.24) is 5.32 Å².